The molecule has 0 amide bonds. The third-order valence-corrected chi connectivity index (χ3v) is 3.18. The molecule has 0 saturated carbocycles. The molecule has 1 aromatic rings. The molecule has 0 atom stereocenters. The highest BCUT2D eigenvalue weighted by Gasteiger charge is 2.06. The van der Waals surface area contributed by atoms with Crippen LogP contribution in [-0.4, -0.2) is 18.4 Å². The summed E-state index contributed by atoms with van der Waals surface area (Å²) in [5.74, 6) is 0.0856. The number of rotatable bonds is 9. The first-order valence-corrected chi connectivity index (χ1v) is 7.39. The summed E-state index contributed by atoms with van der Waals surface area (Å²) in [5, 5.41) is 0. The summed E-state index contributed by atoms with van der Waals surface area (Å²) in [5.41, 5.74) is 1.92. The molecule has 0 aromatic heterocycles. The molecule has 20 heavy (non-hydrogen) atoms. The molecule has 110 valence electrons. The summed E-state index contributed by atoms with van der Waals surface area (Å²) in [6.07, 6.45) is 4.76. The monoisotopic (exact) mass is 276 g/mol. The Morgan fingerprint density at radius 1 is 1.05 bits per heavy atom. The van der Waals surface area contributed by atoms with Crippen molar-refractivity contribution < 1.29 is 14.3 Å². The molecule has 0 saturated heterocycles. The quantitative estimate of drug-likeness (QED) is 0.388. The van der Waals surface area contributed by atoms with E-state index in [4.69, 9.17) is 4.74 Å². The lowest BCUT2D eigenvalue weighted by Crippen LogP contribution is -2.03. The van der Waals surface area contributed by atoms with Crippen molar-refractivity contribution in [3.8, 4) is 0 Å². The molecule has 1 rings (SSSR count). The number of unbranched alkanes of at least 4 members (excludes halogenated alkanes) is 3. The number of ether oxygens (including phenoxy) is 1. The highest BCUT2D eigenvalue weighted by Crippen LogP contribution is 2.11. The van der Waals surface area contributed by atoms with E-state index in [0.29, 0.717) is 19.4 Å². The zero-order chi connectivity index (χ0) is 14.8. The van der Waals surface area contributed by atoms with Crippen LogP contribution in [0.1, 0.15) is 61.4 Å². The summed E-state index contributed by atoms with van der Waals surface area (Å²) in [6, 6.07) is 7.72. The van der Waals surface area contributed by atoms with Gasteiger partial charge < -0.3 is 4.74 Å². The van der Waals surface area contributed by atoms with Gasteiger partial charge >= 0.3 is 5.97 Å². The van der Waals surface area contributed by atoms with Crippen molar-refractivity contribution in [3.63, 3.8) is 0 Å². The molecular formula is C17H24O3. The minimum absolute atomic E-state index is 0.122. The van der Waals surface area contributed by atoms with E-state index in [1.807, 2.05) is 38.1 Å². The maximum atomic E-state index is 11.9. The van der Waals surface area contributed by atoms with Gasteiger partial charge in [0, 0.05) is 18.4 Å². The van der Waals surface area contributed by atoms with Crippen LogP contribution in [-0.2, 0) is 9.53 Å². The van der Waals surface area contributed by atoms with Gasteiger partial charge in [-0.1, -0.05) is 36.6 Å². The first-order valence-electron chi connectivity index (χ1n) is 7.39. The van der Waals surface area contributed by atoms with E-state index in [0.717, 1.165) is 36.8 Å². The summed E-state index contributed by atoms with van der Waals surface area (Å²) in [7, 11) is 0. The van der Waals surface area contributed by atoms with Gasteiger partial charge in [0.05, 0.1) is 6.61 Å². The third kappa shape index (κ3) is 6.50. The Kier molecular flexibility index (Phi) is 7.63. The van der Waals surface area contributed by atoms with Crippen LogP contribution in [0.2, 0.25) is 0 Å². The Bertz CT molecular complexity index is 438. The van der Waals surface area contributed by atoms with Gasteiger partial charge in [-0.25, -0.2) is 0 Å². The second kappa shape index (κ2) is 9.29. The number of esters is 1. The van der Waals surface area contributed by atoms with Crippen LogP contribution in [0.4, 0.5) is 0 Å². The predicted octanol–water partition coefficient (Wildman–Crippen LogP) is 4.08. The van der Waals surface area contributed by atoms with Crippen LogP contribution in [0.3, 0.4) is 0 Å². The number of hydrogen-bond acceptors (Lipinski definition) is 3. The number of ketones is 1. The van der Waals surface area contributed by atoms with E-state index in [-0.39, 0.29) is 11.8 Å². The van der Waals surface area contributed by atoms with Crippen LogP contribution < -0.4 is 0 Å². The lowest BCUT2D eigenvalue weighted by molar-refractivity contribution is -0.143. The topological polar surface area (TPSA) is 43.4 Å². The normalized spacial score (nSPS) is 10.3. The molecular weight excluding hydrogens is 252 g/mol. The van der Waals surface area contributed by atoms with E-state index in [9.17, 15) is 9.59 Å². The van der Waals surface area contributed by atoms with Crippen molar-refractivity contribution in [2.45, 2.75) is 52.4 Å². The Balaban J connectivity index is 2.12. The Morgan fingerprint density at radius 3 is 2.40 bits per heavy atom. The van der Waals surface area contributed by atoms with Gasteiger partial charge in [0.1, 0.15) is 0 Å². The highest BCUT2D eigenvalue weighted by molar-refractivity contribution is 5.96. The lowest BCUT2D eigenvalue weighted by atomic mass is 10.0. The average molecular weight is 276 g/mol. The van der Waals surface area contributed by atoms with Crippen LogP contribution in [0, 0.1) is 6.92 Å². The van der Waals surface area contributed by atoms with Crippen LogP contribution in [0.25, 0.3) is 0 Å². The summed E-state index contributed by atoms with van der Waals surface area (Å²) >= 11 is 0. The van der Waals surface area contributed by atoms with Crippen molar-refractivity contribution in [2.75, 3.05) is 6.61 Å². The Morgan fingerprint density at radius 2 is 1.75 bits per heavy atom. The van der Waals surface area contributed by atoms with Crippen molar-refractivity contribution >= 4 is 11.8 Å². The van der Waals surface area contributed by atoms with E-state index in [2.05, 4.69) is 0 Å². The van der Waals surface area contributed by atoms with Crippen LogP contribution in [0.15, 0.2) is 24.3 Å². The summed E-state index contributed by atoms with van der Waals surface area (Å²) < 4.78 is 4.86. The number of aryl methyl sites for hydroxylation is 1. The third-order valence-electron chi connectivity index (χ3n) is 3.18. The van der Waals surface area contributed by atoms with Gasteiger partial charge in [-0.05, 0) is 32.8 Å². The smallest absolute Gasteiger partial charge is 0.305 e. The number of carbonyl (C=O) groups is 2. The van der Waals surface area contributed by atoms with Crippen LogP contribution in [0.5, 0.6) is 0 Å². The fraction of sp³-hybridized carbons (Fsp3) is 0.529. The summed E-state index contributed by atoms with van der Waals surface area (Å²) in [4.78, 5) is 23.1. The zero-order valence-corrected chi connectivity index (χ0v) is 12.5. The fourth-order valence-electron chi connectivity index (χ4n) is 2.10. The van der Waals surface area contributed by atoms with Crippen molar-refractivity contribution in [3.05, 3.63) is 35.4 Å². The molecule has 0 aliphatic carbocycles. The van der Waals surface area contributed by atoms with Gasteiger partial charge in [0.15, 0.2) is 5.78 Å². The predicted molar refractivity (Wildman–Crippen MR) is 79.8 cm³/mol. The largest absolute Gasteiger partial charge is 0.466 e. The highest BCUT2D eigenvalue weighted by atomic mass is 16.5. The Labute approximate surface area is 121 Å². The molecule has 3 nitrogen and oxygen atoms in total. The van der Waals surface area contributed by atoms with Gasteiger partial charge in [0.25, 0.3) is 0 Å². The molecule has 0 aliphatic heterocycles. The number of carbonyl (C=O) groups excluding carboxylic acids is 2. The molecule has 0 radical (unpaired) electrons. The van der Waals surface area contributed by atoms with Crippen LogP contribution >= 0.6 is 0 Å². The molecule has 0 unspecified atom stereocenters. The van der Waals surface area contributed by atoms with Crippen molar-refractivity contribution in [2.24, 2.45) is 0 Å². The van der Waals surface area contributed by atoms with Gasteiger partial charge in [-0.15, -0.1) is 0 Å². The van der Waals surface area contributed by atoms with Gasteiger partial charge in [-0.2, -0.15) is 0 Å². The zero-order valence-electron chi connectivity index (χ0n) is 12.5. The van der Waals surface area contributed by atoms with E-state index in [1.165, 1.54) is 0 Å². The lowest BCUT2D eigenvalue weighted by Gasteiger charge is -2.03. The van der Waals surface area contributed by atoms with E-state index in [1.54, 1.807) is 0 Å². The molecule has 0 spiro atoms. The molecule has 0 fully saturated rings. The number of Topliss-reactive ketones (excluding diaryl/α,β-unsaturated/α-hetero) is 1. The minimum Gasteiger partial charge on any atom is -0.466 e. The number of hydrogen-bond donors (Lipinski definition) is 0. The maximum absolute atomic E-state index is 11.9. The second-order valence-corrected chi connectivity index (χ2v) is 5.01. The molecule has 3 heteroatoms. The van der Waals surface area contributed by atoms with E-state index < -0.39 is 0 Å². The first-order chi connectivity index (χ1) is 9.63. The van der Waals surface area contributed by atoms with Crippen molar-refractivity contribution in [1.82, 2.24) is 0 Å². The van der Waals surface area contributed by atoms with Gasteiger partial charge in [-0.3, -0.25) is 9.59 Å². The van der Waals surface area contributed by atoms with E-state index >= 15 is 0 Å². The molecule has 1 aromatic carbocycles. The second-order valence-electron chi connectivity index (χ2n) is 5.01. The minimum atomic E-state index is -0.122. The standard InChI is InChI=1S/C17H24O3/c1-3-20-17(19)12-7-5-4-6-11-16(18)15-10-8-9-14(2)13-15/h8-10,13H,3-7,11-12H2,1-2H3. The number of benzene rings is 1. The van der Waals surface area contributed by atoms with Crippen molar-refractivity contribution in [1.29, 1.82) is 0 Å². The SMILES string of the molecule is CCOC(=O)CCCCCCC(=O)c1cccc(C)c1. The maximum Gasteiger partial charge on any atom is 0.305 e. The molecule has 0 aliphatic rings. The molecule has 0 N–H and O–H groups in total. The molecule has 0 bridgehead atoms. The summed E-state index contributed by atoms with van der Waals surface area (Å²) in [6.45, 7) is 4.25. The fourth-order valence-corrected chi connectivity index (χ4v) is 2.10. The Hall–Kier alpha value is -1.64. The average Bonchev–Trinajstić information content (AvgIpc) is 2.42. The first kappa shape index (κ1) is 16.4. The van der Waals surface area contributed by atoms with Gasteiger partial charge in [0.2, 0.25) is 0 Å². The molecule has 0 heterocycles.